The molecule has 2 N–H and O–H groups in total. The van der Waals surface area contributed by atoms with Crippen LogP contribution in [0.4, 0.5) is 5.69 Å². The van der Waals surface area contributed by atoms with Crippen LogP contribution in [-0.4, -0.2) is 27.0 Å². The monoisotopic (exact) mass is 506 g/mol. The molecule has 1 unspecified atom stereocenters. The van der Waals surface area contributed by atoms with Crippen molar-refractivity contribution in [2.24, 2.45) is 0 Å². The van der Waals surface area contributed by atoms with Crippen molar-refractivity contribution in [2.45, 2.75) is 31.2 Å². The van der Waals surface area contributed by atoms with Crippen molar-refractivity contribution in [1.82, 2.24) is 4.72 Å². The minimum atomic E-state index is -4.06. The van der Waals surface area contributed by atoms with Crippen LogP contribution in [0.25, 0.3) is 0 Å². The summed E-state index contributed by atoms with van der Waals surface area (Å²) in [6.45, 7) is 4.00. The Kier molecular flexibility index (Phi) is 8.37. The molecule has 33 heavy (non-hydrogen) atoms. The molecule has 0 bridgehead atoms. The van der Waals surface area contributed by atoms with Crippen molar-refractivity contribution in [3.8, 4) is 5.75 Å². The summed E-state index contributed by atoms with van der Waals surface area (Å²) in [4.78, 5) is 13.1. The summed E-state index contributed by atoms with van der Waals surface area (Å²) in [5.41, 5.74) is 2.11. The van der Waals surface area contributed by atoms with E-state index >= 15 is 0 Å². The number of anilines is 1. The molecule has 0 fully saturated rings. The first kappa shape index (κ1) is 25.1. The molecule has 0 radical (unpaired) electrons. The first-order valence-electron chi connectivity index (χ1n) is 10.2. The normalized spacial score (nSPS) is 12.2. The molecular weight excluding hydrogens is 483 g/mol. The number of halogens is 2. The largest absolute Gasteiger partial charge is 0.492 e. The Morgan fingerprint density at radius 1 is 1.03 bits per heavy atom. The van der Waals surface area contributed by atoms with E-state index in [1.165, 1.54) is 18.2 Å². The van der Waals surface area contributed by atoms with Crippen LogP contribution in [0, 0.1) is 6.92 Å². The fourth-order valence-electron chi connectivity index (χ4n) is 3.20. The van der Waals surface area contributed by atoms with Crippen molar-refractivity contribution < 1.29 is 17.9 Å². The van der Waals surface area contributed by atoms with Gasteiger partial charge in [-0.05, 0) is 67.8 Å². The molecule has 6 nitrogen and oxygen atoms in total. The zero-order chi connectivity index (χ0) is 24.0. The van der Waals surface area contributed by atoms with Gasteiger partial charge in [-0.15, -0.1) is 0 Å². The van der Waals surface area contributed by atoms with Crippen LogP contribution >= 0.6 is 23.2 Å². The van der Waals surface area contributed by atoms with E-state index in [9.17, 15) is 13.2 Å². The highest BCUT2D eigenvalue weighted by Gasteiger charge is 2.27. The van der Waals surface area contributed by atoms with Crippen LogP contribution in [0.5, 0.6) is 5.75 Å². The minimum Gasteiger partial charge on any atom is -0.492 e. The Morgan fingerprint density at radius 2 is 1.76 bits per heavy atom. The smallest absolute Gasteiger partial charge is 0.242 e. The van der Waals surface area contributed by atoms with E-state index < -0.39 is 22.0 Å². The first-order chi connectivity index (χ1) is 15.7. The van der Waals surface area contributed by atoms with Crippen LogP contribution in [0.2, 0.25) is 10.0 Å². The minimum absolute atomic E-state index is 0.0653. The molecule has 1 amide bonds. The molecule has 0 heterocycles. The summed E-state index contributed by atoms with van der Waals surface area (Å²) in [6.07, 6.45) is 0.156. The van der Waals surface area contributed by atoms with E-state index in [4.69, 9.17) is 27.9 Å². The quantitative estimate of drug-likeness (QED) is 0.416. The molecule has 0 aromatic heterocycles. The lowest BCUT2D eigenvalue weighted by Crippen LogP contribution is -2.45. The second kappa shape index (κ2) is 11.0. The topological polar surface area (TPSA) is 84.5 Å². The summed E-state index contributed by atoms with van der Waals surface area (Å²) >= 11 is 12.2. The lowest BCUT2D eigenvalue weighted by Gasteiger charge is -2.20. The maximum absolute atomic E-state index is 13.2. The molecule has 3 rings (SSSR count). The summed E-state index contributed by atoms with van der Waals surface area (Å²) in [5, 5.41) is 3.51. The zero-order valence-corrected chi connectivity index (χ0v) is 20.5. The van der Waals surface area contributed by atoms with Crippen LogP contribution in [0.1, 0.15) is 18.1 Å². The summed E-state index contributed by atoms with van der Waals surface area (Å²) in [7, 11) is -4.06. The number of amides is 1. The lowest BCUT2D eigenvalue weighted by molar-refractivity contribution is -0.117. The molecule has 0 spiro atoms. The fraction of sp³-hybridized carbons (Fsp3) is 0.208. The van der Waals surface area contributed by atoms with Gasteiger partial charge in [0.1, 0.15) is 11.8 Å². The molecule has 3 aromatic carbocycles. The number of nitrogens with one attached hydrogen (secondary N) is 2. The van der Waals surface area contributed by atoms with Crippen LogP contribution < -0.4 is 14.8 Å². The third-order valence-electron chi connectivity index (χ3n) is 4.86. The van der Waals surface area contributed by atoms with Gasteiger partial charge in [-0.25, -0.2) is 8.42 Å². The molecule has 0 saturated heterocycles. The number of aryl methyl sites for hydroxylation is 1. The molecule has 0 aliphatic carbocycles. The fourth-order valence-corrected chi connectivity index (χ4v) is 4.95. The Labute approximate surface area is 203 Å². The van der Waals surface area contributed by atoms with Crippen molar-refractivity contribution in [3.05, 3.63) is 87.9 Å². The molecule has 1 atom stereocenters. The van der Waals surface area contributed by atoms with Crippen molar-refractivity contribution in [3.63, 3.8) is 0 Å². The number of ether oxygens (including phenoxy) is 1. The number of rotatable bonds is 9. The third-order valence-corrected chi connectivity index (χ3v) is 6.86. The van der Waals surface area contributed by atoms with Gasteiger partial charge in [0.2, 0.25) is 15.9 Å². The predicted octanol–water partition coefficient (Wildman–Crippen LogP) is 5.23. The van der Waals surface area contributed by atoms with Crippen molar-refractivity contribution >= 4 is 44.8 Å². The highest BCUT2D eigenvalue weighted by molar-refractivity contribution is 7.89. The number of sulfonamides is 1. The third kappa shape index (κ3) is 6.71. The predicted molar refractivity (Wildman–Crippen MR) is 132 cm³/mol. The van der Waals surface area contributed by atoms with E-state index in [0.29, 0.717) is 23.1 Å². The van der Waals surface area contributed by atoms with Crippen molar-refractivity contribution in [2.75, 3.05) is 11.9 Å². The molecule has 174 valence electrons. The number of hydrogen-bond acceptors (Lipinski definition) is 4. The van der Waals surface area contributed by atoms with Crippen LogP contribution in [0.3, 0.4) is 0 Å². The number of benzene rings is 3. The van der Waals surface area contributed by atoms with Gasteiger partial charge in [-0.3, -0.25) is 4.79 Å². The molecule has 3 aromatic rings. The van der Waals surface area contributed by atoms with Gasteiger partial charge >= 0.3 is 0 Å². The molecular formula is C24H24Cl2N2O4S. The van der Waals surface area contributed by atoms with Gasteiger partial charge in [-0.2, -0.15) is 4.72 Å². The number of carbonyl (C=O) groups is 1. The van der Waals surface area contributed by atoms with Crippen molar-refractivity contribution in [1.29, 1.82) is 0 Å². The summed E-state index contributed by atoms with van der Waals surface area (Å²) in [5.74, 6) is -0.111. The number of carbonyl (C=O) groups excluding carboxylic acids is 1. The van der Waals surface area contributed by atoms with E-state index in [-0.39, 0.29) is 16.3 Å². The SMILES string of the molecule is CCOc1ccc(S(=O)(=O)NC(Cc2ccccc2)C(=O)Nc2ccc(Cl)cc2C)cc1Cl. The van der Waals surface area contributed by atoms with Gasteiger partial charge < -0.3 is 10.1 Å². The van der Waals surface area contributed by atoms with E-state index in [1.807, 2.05) is 30.3 Å². The van der Waals surface area contributed by atoms with Gasteiger partial charge in [-0.1, -0.05) is 53.5 Å². The molecule has 0 saturated carbocycles. The highest BCUT2D eigenvalue weighted by atomic mass is 35.5. The number of hydrogen-bond donors (Lipinski definition) is 2. The molecule has 9 heteroatoms. The maximum atomic E-state index is 13.2. The Morgan fingerprint density at radius 3 is 2.39 bits per heavy atom. The van der Waals surface area contributed by atoms with Gasteiger partial charge in [0, 0.05) is 10.7 Å². The second-order valence-electron chi connectivity index (χ2n) is 7.34. The highest BCUT2D eigenvalue weighted by Crippen LogP contribution is 2.27. The van der Waals surface area contributed by atoms with E-state index in [1.54, 1.807) is 32.0 Å². The molecule has 0 aliphatic heterocycles. The van der Waals surface area contributed by atoms with Crippen LogP contribution in [-0.2, 0) is 21.2 Å². The average Bonchev–Trinajstić information content (AvgIpc) is 2.77. The van der Waals surface area contributed by atoms with Gasteiger partial charge in [0.15, 0.2) is 0 Å². The van der Waals surface area contributed by atoms with Crippen LogP contribution in [0.15, 0.2) is 71.6 Å². The Hall–Kier alpha value is -2.58. The van der Waals surface area contributed by atoms with E-state index in [0.717, 1.165) is 11.1 Å². The average molecular weight is 507 g/mol. The van der Waals surface area contributed by atoms with Gasteiger partial charge in [0.25, 0.3) is 0 Å². The Bertz CT molecular complexity index is 1230. The molecule has 0 aliphatic rings. The lowest BCUT2D eigenvalue weighted by atomic mass is 10.1. The Balaban J connectivity index is 1.88. The summed E-state index contributed by atoms with van der Waals surface area (Å²) < 4.78 is 34.1. The first-order valence-corrected chi connectivity index (χ1v) is 12.5. The zero-order valence-electron chi connectivity index (χ0n) is 18.1. The van der Waals surface area contributed by atoms with E-state index in [2.05, 4.69) is 10.0 Å². The second-order valence-corrected chi connectivity index (χ2v) is 9.89. The summed E-state index contributed by atoms with van der Waals surface area (Å²) in [6, 6.07) is 17.3. The maximum Gasteiger partial charge on any atom is 0.242 e. The standard InChI is InChI=1S/C24H24Cl2N2O4S/c1-3-32-23-12-10-19(15-20(23)26)33(30,31)28-22(14-17-7-5-4-6-8-17)24(29)27-21-11-9-18(25)13-16(21)2/h4-13,15,22,28H,3,14H2,1-2H3,(H,27,29). The van der Waals surface area contributed by atoms with Gasteiger partial charge in [0.05, 0.1) is 16.5 Å².